The van der Waals surface area contributed by atoms with Crippen molar-refractivity contribution in [2.75, 3.05) is 53.6 Å². The van der Waals surface area contributed by atoms with Gasteiger partial charge in [0, 0.05) is 26.2 Å². The van der Waals surface area contributed by atoms with Crippen LogP contribution in [-0.2, 0) is 11.3 Å². The normalized spacial score (nSPS) is 15.8. The van der Waals surface area contributed by atoms with Crippen molar-refractivity contribution in [2.24, 2.45) is 4.99 Å². The van der Waals surface area contributed by atoms with Crippen molar-refractivity contribution in [3.05, 3.63) is 59.4 Å². The summed E-state index contributed by atoms with van der Waals surface area (Å²) >= 11 is 0. The summed E-state index contributed by atoms with van der Waals surface area (Å²) in [4.78, 5) is 7.10. The third kappa shape index (κ3) is 6.58. The average Bonchev–Trinajstić information content (AvgIpc) is 2.84. The van der Waals surface area contributed by atoms with Crippen LogP contribution in [0.15, 0.2) is 47.5 Å². The topological polar surface area (TPSA) is 67.4 Å². The fourth-order valence-electron chi connectivity index (χ4n) is 3.72. The van der Waals surface area contributed by atoms with Gasteiger partial charge in [0.25, 0.3) is 0 Å². The predicted octanol–water partition coefficient (Wildman–Crippen LogP) is 2.97. The number of hydrogen-bond donors (Lipinski definition) is 2. The lowest BCUT2D eigenvalue weighted by Gasteiger charge is -2.35. The SMILES string of the molecule is CCNC(=NCc1ccc(OC)c(OC)c1)NCC(c1ccc(F)cc1)N1CCOCC1. The minimum Gasteiger partial charge on any atom is -0.493 e. The van der Waals surface area contributed by atoms with E-state index in [0.717, 1.165) is 36.7 Å². The van der Waals surface area contributed by atoms with E-state index in [0.29, 0.717) is 37.8 Å². The number of nitrogens with zero attached hydrogens (tertiary/aromatic N) is 2. The number of guanidine groups is 1. The van der Waals surface area contributed by atoms with Crippen molar-refractivity contribution >= 4 is 5.96 Å². The van der Waals surface area contributed by atoms with Gasteiger partial charge in [0.1, 0.15) is 5.82 Å². The Morgan fingerprint density at radius 2 is 1.78 bits per heavy atom. The molecule has 8 heteroatoms. The lowest BCUT2D eigenvalue weighted by Crippen LogP contribution is -2.46. The lowest BCUT2D eigenvalue weighted by molar-refractivity contribution is 0.0170. The molecule has 0 aromatic heterocycles. The van der Waals surface area contributed by atoms with E-state index in [2.05, 4.69) is 15.5 Å². The van der Waals surface area contributed by atoms with Crippen LogP contribution in [0.5, 0.6) is 11.5 Å². The van der Waals surface area contributed by atoms with Crippen LogP contribution in [0.3, 0.4) is 0 Å². The maximum Gasteiger partial charge on any atom is 0.191 e. The number of methoxy groups -OCH3 is 2. The van der Waals surface area contributed by atoms with Crippen LogP contribution >= 0.6 is 0 Å². The minimum absolute atomic E-state index is 0.0874. The number of nitrogens with one attached hydrogen (secondary N) is 2. The van der Waals surface area contributed by atoms with E-state index in [1.165, 1.54) is 12.1 Å². The average molecular weight is 445 g/mol. The molecule has 0 amide bonds. The maximum atomic E-state index is 13.5. The van der Waals surface area contributed by atoms with Crippen molar-refractivity contribution in [3.63, 3.8) is 0 Å². The fraction of sp³-hybridized carbons (Fsp3) is 0.458. The van der Waals surface area contributed by atoms with E-state index >= 15 is 0 Å². The number of rotatable bonds is 9. The zero-order chi connectivity index (χ0) is 22.8. The first-order chi connectivity index (χ1) is 15.6. The second-order valence-electron chi connectivity index (χ2n) is 7.48. The summed E-state index contributed by atoms with van der Waals surface area (Å²) < 4.78 is 29.7. The standard InChI is InChI=1S/C24H33FN4O3/c1-4-26-24(27-16-18-5-10-22(30-2)23(15-18)31-3)28-17-21(29-11-13-32-14-12-29)19-6-8-20(25)9-7-19/h5-10,15,21H,4,11-14,16-17H2,1-3H3,(H2,26,27,28). The Kier molecular flexibility index (Phi) is 9.13. The third-order valence-corrected chi connectivity index (χ3v) is 5.42. The van der Waals surface area contributed by atoms with Crippen LogP contribution in [0, 0.1) is 5.82 Å². The highest BCUT2D eigenvalue weighted by molar-refractivity contribution is 5.79. The molecule has 1 aliphatic rings. The Hall–Kier alpha value is -2.84. The van der Waals surface area contributed by atoms with Gasteiger partial charge >= 0.3 is 0 Å². The van der Waals surface area contributed by atoms with Gasteiger partial charge < -0.3 is 24.8 Å². The molecule has 2 aromatic rings. The summed E-state index contributed by atoms with van der Waals surface area (Å²) in [6, 6.07) is 12.6. The van der Waals surface area contributed by atoms with Gasteiger partial charge in [0.2, 0.25) is 0 Å². The Morgan fingerprint density at radius 3 is 2.44 bits per heavy atom. The molecule has 0 radical (unpaired) electrons. The van der Waals surface area contributed by atoms with Gasteiger partial charge in [-0.25, -0.2) is 9.38 Å². The van der Waals surface area contributed by atoms with Gasteiger partial charge in [-0.15, -0.1) is 0 Å². The van der Waals surface area contributed by atoms with Crippen LogP contribution < -0.4 is 20.1 Å². The van der Waals surface area contributed by atoms with Crippen molar-refractivity contribution in [1.29, 1.82) is 0 Å². The van der Waals surface area contributed by atoms with Crippen molar-refractivity contribution in [2.45, 2.75) is 19.5 Å². The van der Waals surface area contributed by atoms with Crippen molar-refractivity contribution in [1.82, 2.24) is 15.5 Å². The maximum absolute atomic E-state index is 13.5. The summed E-state index contributed by atoms with van der Waals surface area (Å²) in [5.74, 6) is 1.87. The summed E-state index contributed by atoms with van der Waals surface area (Å²) in [6.07, 6.45) is 0. The molecule has 0 aliphatic carbocycles. The molecule has 174 valence electrons. The zero-order valence-electron chi connectivity index (χ0n) is 19.1. The van der Waals surface area contributed by atoms with Gasteiger partial charge in [-0.05, 0) is 42.3 Å². The first-order valence-electron chi connectivity index (χ1n) is 10.9. The highest BCUT2D eigenvalue weighted by Crippen LogP contribution is 2.27. The number of morpholine rings is 1. The van der Waals surface area contributed by atoms with E-state index in [4.69, 9.17) is 19.2 Å². The molecule has 1 saturated heterocycles. The number of halogens is 1. The van der Waals surface area contributed by atoms with Crippen LogP contribution in [0.1, 0.15) is 24.1 Å². The Morgan fingerprint density at radius 1 is 1.06 bits per heavy atom. The number of benzene rings is 2. The predicted molar refractivity (Wildman–Crippen MR) is 124 cm³/mol. The first kappa shape index (κ1) is 23.8. The molecule has 3 rings (SSSR count). The zero-order valence-corrected chi connectivity index (χ0v) is 19.1. The Balaban J connectivity index is 1.71. The van der Waals surface area contributed by atoms with E-state index in [-0.39, 0.29) is 11.9 Å². The third-order valence-electron chi connectivity index (χ3n) is 5.42. The Bertz CT molecular complexity index is 870. The molecule has 1 unspecified atom stereocenters. The van der Waals surface area contributed by atoms with E-state index < -0.39 is 0 Å². The number of hydrogen-bond acceptors (Lipinski definition) is 5. The molecule has 1 fully saturated rings. The van der Waals surface area contributed by atoms with E-state index in [9.17, 15) is 4.39 Å². The molecular weight excluding hydrogens is 411 g/mol. The van der Waals surface area contributed by atoms with Crippen LogP contribution in [0.4, 0.5) is 4.39 Å². The van der Waals surface area contributed by atoms with Gasteiger partial charge in [-0.2, -0.15) is 0 Å². The summed E-state index contributed by atoms with van der Waals surface area (Å²) in [5, 5.41) is 6.76. The highest BCUT2D eigenvalue weighted by Gasteiger charge is 2.23. The molecule has 1 atom stereocenters. The molecule has 2 aromatic carbocycles. The molecular formula is C24H33FN4O3. The lowest BCUT2D eigenvalue weighted by atomic mass is 10.0. The second kappa shape index (κ2) is 12.3. The summed E-state index contributed by atoms with van der Waals surface area (Å²) in [7, 11) is 3.24. The quantitative estimate of drug-likeness (QED) is 0.458. The molecule has 0 bridgehead atoms. The smallest absolute Gasteiger partial charge is 0.191 e. The van der Waals surface area contributed by atoms with Crippen LogP contribution in [0.25, 0.3) is 0 Å². The molecule has 7 nitrogen and oxygen atoms in total. The molecule has 0 saturated carbocycles. The first-order valence-corrected chi connectivity index (χ1v) is 10.9. The van der Waals surface area contributed by atoms with E-state index in [1.54, 1.807) is 14.2 Å². The largest absolute Gasteiger partial charge is 0.493 e. The van der Waals surface area contributed by atoms with Gasteiger partial charge in [0.05, 0.1) is 40.0 Å². The minimum atomic E-state index is -0.229. The summed E-state index contributed by atoms with van der Waals surface area (Å²) in [5.41, 5.74) is 2.08. The Labute approximate surface area is 189 Å². The molecule has 32 heavy (non-hydrogen) atoms. The van der Waals surface area contributed by atoms with Crippen LogP contribution in [-0.4, -0.2) is 64.5 Å². The number of aliphatic imine (C=N–C) groups is 1. The number of ether oxygens (including phenoxy) is 3. The molecule has 1 aliphatic heterocycles. The van der Waals surface area contributed by atoms with Gasteiger partial charge in [-0.3, -0.25) is 4.90 Å². The van der Waals surface area contributed by atoms with Crippen molar-refractivity contribution in [3.8, 4) is 11.5 Å². The van der Waals surface area contributed by atoms with E-state index in [1.807, 2.05) is 37.3 Å². The molecule has 1 heterocycles. The van der Waals surface area contributed by atoms with Gasteiger partial charge in [-0.1, -0.05) is 18.2 Å². The summed E-state index contributed by atoms with van der Waals surface area (Å²) in [6.45, 7) is 6.99. The second-order valence-corrected chi connectivity index (χ2v) is 7.48. The molecule has 2 N–H and O–H groups in total. The van der Waals surface area contributed by atoms with Gasteiger partial charge in [0.15, 0.2) is 17.5 Å². The van der Waals surface area contributed by atoms with Crippen molar-refractivity contribution < 1.29 is 18.6 Å². The highest BCUT2D eigenvalue weighted by atomic mass is 19.1. The monoisotopic (exact) mass is 444 g/mol. The van der Waals surface area contributed by atoms with Crippen LogP contribution in [0.2, 0.25) is 0 Å². The fourth-order valence-corrected chi connectivity index (χ4v) is 3.72. The molecule has 0 spiro atoms.